The van der Waals surface area contributed by atoms with E-state index in [4.69, 9.17) is 0 Å². The molecule has 0 saturated carbocycles. The second-order valence-corrected chi connectivity index (χ2v) is 3.28. The van der Waals surface area contributed by atoms with Crippen LogP contribution in [0.2, 0.25) is 0 Å². The van der Waals surface area contributed by atoms with Gasteiger partial charge < -0.3 is 4.55 Å². The van der Waals surface area contributed by atoms with Gasteiger partial charge in [-0.25, -0.2) is 4.98 Å². The van der Waals surface area contributed by atoms with Crippen LogP contribution in [0.1, 0.15) is 0 Å². The zero-order chi connectivity index (χ0) is 9.26. The summed E-state index contributed by atoms with van der Waals surface area (Å²) in [6, 6.07) is 5.26. The van der Waals surface area contributed by atoms with E-state index in [2.05, 4.69) is 9.97 Å². The molecule has 0 radical (unpaired) electrons. The highest BCUT2D eigenvalue weighted by Crippen LogP contribution is 2.15. The van der Waals surface area contributed by atoms with Crippen molar-refractivity contribution in [2.75, 3.05) is 0 Å². The third kappa shape index (κ3) is 1.43. The van der Waals surface area contributed by atoms with Crippen LogP contribution < -0.4 is 0 Å². The van der Waals surface area contributed by atoms with Crippen molar-refractivity contribution in [2.45, 2.75) is 5.03 Å². The van der Waals surface area contributed by atoms with Gasteiger partial charge in [0, 0.05) is 17.8 Å². The lowest BCUT2D eigenvalue weighted by molar-refractivity contribution is 0.534. The lowest BCUT2D eigenvalue weighted by Crippen LogP contribution is -1.95. The van der Waals surface area contributed by atoms with Gasteiger partial charge in [0.25, 0.3) is 0 Å². The summed E-state index contributed by atoms with van der Waals surface area (Å²) in [4.78, 5) is 7.68. The quantitative estimate of drug-likeness (QED) is 0.630. The van der Waals surface area contributed by atoms with Gasteiger partial charge in [0.1, 0.15) is 10.5 Å². The lowest BCUT2D eigenvalue weighted by atomic mass is 10.3. The van der Waals surface area contributed by atoms with Gasteiger partial charge in [0.15, 0.2) is 0 Å². The van der Waals surface area contributed by atoms with Gasteiger partial charge in [0.05, 0.1) is 0 Å². The van der Waals surface area contributed by atoms with Crippen LogP contribution in [0.25, 0.3) is 10.9 Å². The number of fused-ring (bicyclic) bond motifs is 1. The Morgan fingerprint density at radius 3 is 2.85 bits per heavy atom. The maximum atomic E-state index is 10.7. The molecule has 0 aromatic carbocycles. The molecular weight excluding hydrogens is 188 g/mol. The van der Waals surface area contributed by atoms with Gasteiger partial charge in [-0.05, 0) is 23.2 Å². The van der Waals surface area contributed by atoms with E-state index in [-0.39, 0.29) is 5.03 Å². The molecule has 0 aliphatic rings. The van der Waals surface area contributed by atoms with Crippen molar-refractivity contribution in [1.82, 2.24) is 9.97 Å². The van der Waals surface area contributed by atoms with Crippen molar-refractivity contribution in [3.63, 3.8) is 0 Å². The minimum Gasteiger partial charge on any atom is -0.767 e. The number of aromatic nitrogens is 2. The normalized spacial score (nSPS) is 13.0. The number of hydrogen-bond acceptors (Lipinski definition) is 4. The van der Waals surface area contributed by atoms with Crippen molar-refractivity contribution >= 4 is 22.0 Å². The minimum absolute atomic E-state index is 0.00176. The summed E-state index contributed by atoms with van der Waals surface area (Å²) in [5, 5.41) is 0.773. The van der Waals surface area contributed by atoms with Crippen LogP contribution >= 0.6 is 0 Å². The maximum Gasteiger partial charge on any atom is 0.139 e. The van der Waals surface area contributed by atoms with E-state index in [1.54, 1.807) is 24.4 Å². The Morgan fingerprint density at radius 1 is 1.23 bits per heavy atom. The molecule has 0 bridgehead atoms. The first-order chi connectivity index (χ1) is 6.29. The monoisotopic (exact) mass is 193 g/mol. The molecule has 1 unspecified atom stereocenters. The molecule has 66 valence electrons. The van der Waals surface area contributed by atoms with Gasteiger partial charge in [0.2, 0.25) is 0 Å². The van der Waals surface area contributed by atoms with Crippen molar-refractivity contribution in [2.24, 2.45) is 0 Å². The van der Waals surface area contributed by atoms with E-state index in [0.717, 1.165) is 5.39 Å². The van der Waals surface area contributed by atoms with Crippen LogP contribution in [0, 0.1) is 0 Å². The first kappa shape index (κ1) is 8.28. The third-order valence-electron chi connectivity index (χ3n) is 1.65. The molecule has 2 heterocycles. The zero-order valence-electron chi connectivity index (χ0n) is 6.51. The van der Waals surface area contributed by atoms with Crippen LogP contribution in [-0.4, -0.2) is 18.7 Å². The molecular formula is C8H5N2O2S-. The number of pyridine rings is 2. The van der Waals surface area contributed by atoms with Crippen LogP contribution in [0.3, 0.4) is 0 Å². The summed E-state index contributed by atoms with van der Waals surface area (Å²) < 4.78 is 21.4. The molecule has 2 rings (SSSR count). The molecule has 0 saturated heterocycles. The van der Waals surface area contributed by atoms with Crippen molar-refractivity contribution in [3.05, 3.63) is 30.6 Å². The van der Waals surface area contributed by atoms with Gasteiger partial charge >= 0.3 is 0 Å². The molecule has 2 aromatic rings. The van der Waals surface area contributed by atoms with Gasteiger partial charge in [-0.1, -0.05) is 6.07 Å². The maximum absolute atomic E-state index is 10.7. The first-order valence-corrected chi connectivity index (χ1v) is 4.65. The summed E-state index contributed by atoms with van der Waals surface area (Å²) in [5.74, 6) is 0. The molecule has 0 spiro atoms. The molecule has 5 heteroatoms. The van der Waals surface area contributed by atoms with E-state index in [1.165, 1.54) is 6.20 Å². The number of rotatable bonds is 1. The Labute approximate surface area is 76.9 Å². The average Bonchev–Trinajstić information content (AvgIpc) is 2.17. The fourth-order valence-electron chi connectivity index (χ4n) is 1.10. The van der Waals surface area contributed by atoms with Crippen LogP contribution in [0.5, 0.6) is 0 Å². The summed E-state index contributed by atoms with van der Waals surface area (Å²) in [6.07, 6.45) is 3.00. The fraction of sp³-hybridized carbons (Fsp3) is 0. The standard InChI is InChI=1S/C8H6N2O2S/c11-13(12)8-7-6(3-5-10-8)2-1-4-9-7/h1-5H,(H,11,12)/p-1. The smallest absolute Gasteiger partial charge is 0.139 e. The van der Waals surface area contributed by atoms with E-state index >= 15 is 0 Å². The van der Waals surface area contributed by atoms with Crippen molar-refractivity contribution < 1.29 is 8.76 Å². The molecule has 1 atom stereocenters. The summed E-state index contributed by atoms with van der Waals surface area (Å²) in [5.41, 5.74) is 0.415. The van der Waals surface area contributed by atoms with Crippen LogP contribution in [-0.2, 0) is 11.1 Å². The molecule has 13 heavy (non-hydrogen) atoms. The lowest BCUT2D eigenvalue weighted by Gasteiger charge is -2.05. The molecule has 2 aromatic heterocycles. The summed E-state index contributed by atoms with van der Waals surface area (Å²) in [7, 11) is 0. The highest BCUT2D eigenvalue weighted by molar-refractivity contribution is 7.79. The van der Waals surface area contributed by atoms with Gasteiger partial charge in [-0.3, -0.25) is 9.19 Å². The Hall–Kier alpha value is -1.33. The Bertz CT molecular complexity index is 467. The SMILES string of the molecule is O=S([O-])c1nccc2cccnc12. The summed E-state index contributed by atoms with van der Waals surface area (Å²) in [6.45, 7) is 0. The zero-order valence-corrected chi connectivity index (χ0v) is 7.32. The molecule has 0 aliphatic carbocycles. The van der Waals surface area contributed by atoms with Crippen LogP contribution in [0.4, 0.5) is 0 Å². The second kappa shape index (κ2) is 3.20. The van der Waals surface area contributed by atoms with Crippen LogP contribution in [0.15, 0.2) is 35.6 Å². The number of hydrogen-bond donors (Lipinski definition) is 0. The topological polar surface area (TPSA) is 65.9 Å². The van der Waals surface area contributed by atoms with E-state index < -0.39 is 11.1 Å². The molecule has 0 amide bonds. The average molecular weight is 193 g/mol. The van der Waals surface area contributed by atoms with Crippen molar-refractivity contribution in [3.8, 4) is 0 Å². The Morgan fingerprint density at radius 2 is 2.08 bits per heavy atom. The van der Waals surface area contributed by atoms with E-state index in [9.17, 15) is 8.76 Å². The molecule has 0 N–H and O–H groups in total. The fourth-order valence-corrected chi connectivity index (χ4v) is 1.57. The van der Waals surface area contributed by atoms with E-state index in [1.807, 2.05) is 0 Å². The highest BCUT2D eigenvalue weighted by atomic mass is 32.2. The predicted octanol–water partition coefficient (Wildman–Crippen LogP) is 0.868. The Kier molecular flexibility index (Phi) is 2.03. The second-order valence-electron chi connectivity index (χ2n) is 2.43. The molecule has 4 nitrogen and oxygen atoms in total. The predicted molar refractivity (Wildman–Crippen MR) is 46.7 cm³/mol. The summed E-state index contributed by atoms with van der Waals surface area (Å²) >= 11 is -2.33. The van der Waals surface area contributed by atoms with E-state index in [0.29, 0.717) is 5.52 Å². The van der Waals surface area contributed by atoms with Crippen molar-refractivity contribution in [1.29, 1.82) is 0 Å². The first-order valence-electron chi connectivity index (χ1n) is 3.58. The largest absolute Gasteiger partial charge is 0.767 e. The van der Waals surface area contributed by atoms with Gasteiger partial charge in [-0.2, -0.15) is 0 Å². The molecule has 0 fully saturated rings. The minimum atomic E-state index is -2.33. The highest BCUT2D eigenvalue weighted by Gasteiger charge is 2.01. The van der Waals surface area contributed by atoms with Gasteiger partial charge in [-0.15, -0.1) is 0 Å². The molecule has 0 aliphatic heterocycles. The third-order valence-corrected chi connectivity index (χ3v) is 2.26. The number of nitrogens with zero attached hydrogens (tertiary/aromatic N) is 2. The Balaban J connectivity index is 2.83.